The van der Waals surface area contributed by atoms with Crippen molar-refractivity contribution in [3.8, 4) is 0 Å². The molecule has 0 aliphatic heterocycles. The van der Waals surface area contributed by atoms with E-state index in [-0.39, 0.29) is 19.5 Å². The number of hydrogen-bond acceptors (Lipinski definition) is 5. The summed E-state index contributed by atoms with van der Waals surface area (Å²) in [6, 6.07) is 0. The van der Waals surface area contributed by atoms with Crippen molar-refractivity contribution in [1.29, 1.82) is 0 Å². The summed E-state index contributed by atoms with van der Waals surface area (Å²) in [4.78, 5) is 30.5. The summed E-state index contributed by atoms with van der Waals surface area (Å²) in [5, 5.41) is 28.5. The molecule has 1 unspecified atom stereocenters. The van der Waals surface area contributed by atoms with Crippen molar-refractivity contribution in [3.05, 3.63) is 0 Å². The number of carboxylic acids is 3. The summed E-state index contributed by atoms with van der Waals surface area (Å²) in [5.74, 6) is -5.45. The molecule has 0 aromatic rings. The molecule has 0 bridgehead atoms. The Morgan fingerprint density at radius 1 is 1.31 bits per heavy atom. The van der Waals surface area contributed by atoms with Crippen molar-refractivity contribution in [3.63, 3.8) is 0 Å². The van der Waals surface area contributed by atoms with Gasteiger partial charge < -0.3 is 24.9 Å². The van der Waals surface area contributed by atoms with Gasteiger partial charge in [0.25, 0.3) is 0 Å². The van der Waals surface area contributed by atoms with E-state index < -0.39 is 29.7 Å². The Hall–Kier alpha value is -0.967. The van der Waals surface area contributed by atoms with E-state index >= 15 is 0 Å². The molecule has 0 aliphatic rings. The second-order valence-electron chi connectivity index (χ2n) is 2.47. The van der Waals surface area contributed by atoms with Gasteiger partial charge >= 0.3 is 25.4 Å². The second-order valence-corrected chi connectivity index (χ2v) is 2.47. The van der Waals surface area contributed by atoms with Crippen LogP contribution >= 0.6 is 0 Å². The molecule has 1 atom stereocenters. The molecule has 68 valence electrons. The van der Waals surface area contributed by atoms with Gasteiger partial charge in [-0.3, -0.25) is 4.79 Å². The molecular weight excluding hydrogens is 233 g/mol. The van der Waals surface area contributed by atoms with Crippen molar-refractivity contribution in [2.45, 2.75) is 13.3 Å². The number of hydrogen-bond donors (Lipinski definition) is 1. The Morgan fingerprint density at radius 3 is 1.77 bits per heavy atom. The minimum Gasteiger partial charge on any atom is -0.550 e. The predicted octanol–water partition coefficient (Wildman–Crippen LogP) is -3.04. The van der Waals surface area contributed by atoms with Crippen LogP contribution in [0.15, 0.2) is 0 Å². The van der Waals surface area contributed by atoms with E-state index in [2.05, 4.69) is 0 Å². The molecule has 0 amide bonds. The fourth-order valence-electron chi connectivity index (χ4n) is 0.524. The van der Waals surface area contributed by atoms with E-state index in [1.54, 1.807) is 0 Å². The Morgan fingerprint density at radius 2 is 1.69 bits per heavy atom. The number of carbonyl (C=O) groups excluding carboxylic acids is 2. The Bertz CT molecular complexity index is 221. The van der Waals surface area contributed by atoms with Crippen molar-refractivity contribution < 1.29 is 49.2 Å². The zero-order valence-electron chi connectivity index (χ0n) is 6.90. The van der Waals surface area contributed by atoms with Gasteiger partial charge in [0, 0.05) is 12.4 Å². The van der Waals surface area contributed by atoms with E-state index in [1.807, 2.05) is 0 Å². The van der Waals surface area contributed by atoms with Gasteiger partial charge in [0.1, 0.15) is 5.41 Å². The van der Waals surface area contributed by atoms with E-state index in [1.165, 1.54) is 0 Å². The Labute approximate surface area is 86.3 Å². The van der Waals surface area contributed by atoms with Gasteiger partial charge in [0.2, 0.25) is 0 Å². The van der Waals surface area contributed by atoms with Crippen LogP contribution in [0, 0.1) is 5.41 Å². The summed E-state index contributed by atoms with van der Waals surface area (Å²) < 4.78 is 0. The van der Waals surface area contributed by atoms with Gasteiger partial charge in [-0.15, -0.1) is 0 Å². The first-order valence-electron chi connectivity index (χ1n) is 2.95. The standard InChI is InChI=1S/C6H8O6.Zn/c1-6(4(9)10,5(11)12)2-3(7)8;/h2H2,1H3,(H,7,8)(H,9,10)(H,11,12);/q;+2/p-2. The Balaban J connectivity index is 0. The van der Waals surface area contributed by atoms with Crippen LogP contribution in [0.25, 0.3) is 0 Å². The first-order chi connectivity index (χ1) is 5.30. The van der Waals surface area contributed by atoms with Gasteiger partial charge in [0.05, 0.1) is 5.97 Å². The van der Waals surface area contributed by atoms with Gasteiger partial charge in [-0.1, -0.05) is 0 Å². The molecule has 1 N–H and O–H groups in total. The normalized spacial score (nSPS) is 13.6. The van der Waals surface area contributed by atoms with Crippen LogP contribution in [0.1, 0.15) is 13.3 Å². The monoisotopic (exact) mass is 238 g/mol. The molecule has 6 nitrogen and oxygen atoms in total. The molecule has 0 radical (unpaired) electrons. The smallest absolute Gasteiger partial charge is 0.550 e. The van der Waals surface area contributed by atoms with Crippen molar-refractivity contribution >= 4 is 17.9 Å². The summed E-state index contributed by atoms with van der Waals surface area (Å²) in [6.07, 6.45) is -1.11. The zero-order chi connectivity index (χ0) is 9.94. The van der Waals surface area contributed by atoms with Gasteiger partial charge in [0.15, 0.2) is 0 Å². The van der Waals surface area contributed by atoms with Crippen LogP contribution in [0.5, 0.6) is 0 Å². The molecular formula is C6H6O6Zn. The molecule has 0 saturated heterocycles. The van der Waals surface area contributed by atoms with Crippen molar-refractivity contribution in [2.24, 2.45) is 5.41 Å². The quantitative estimate of drug-likeness (QED) is 0.412. The van der Waals surface area contributed by atoms with Crippen LogP contribution in [0.2, 0.25) is 0 Å². The van der Waals surface area contributed by atoms with Gasteiger partial charge in [-0.2, -0.15) is 0 Å². The third kappa shape index (κ3) is 3.50. The topological polar surface area (TPSA) is 118 Å². The molecule has 0 heterocycles. The van der Waals surface area contributed by atoms with Crippen LogP contribution in [0.3, 0.4) is 0 Å². The minimum atomic E-state index is -2.42. The summed E-state index contributed by atoms with van der Waals surface area (Å²) in [6.45, 7) is 0.750. The maximum absolute atomic E-state index is 10.3. The van der Waals surface area contributed by atoms with Gasteiger partial charge in [-0.25, -0.2) is 0 Å². The first kappa shape index (κ1) is 14.6. The summed E-state index contributed by atoms with van der Waals surface area (Å²) in [7, 11) is 0. The third-order valence-electron chi connectivity index (χ3n) is 1.42. The van der Waals surface area contributed by atoms with E-state index in [0.717, 1.165) is 6.92 Å². The summed E-state index contributed by atoms with van der Waals surface area (Å²) >= 11 is 0. The SMILES string of the molecule is CC(CC(=O)[O-])(C(=O)[O-])C(=O)O.[Zn+2]. The third-order valence-corrected chi connectivity index (χ3v) is 1.42. The Kier molecular flexibility index (Phi) is 5.50. The average Bonchev–Trinajstić information content (AvgIpc) is 1.84. The zero-order valence-corrected chi connectivity index (χ0v) is 9.87. The number of carbonyl (C=O) groups is 3. The van der Waals surface area contributed by atoms with E-state index in [0.29, 0.717) is 0 Å². The number of rotatable bonds is 4. The van der Waals surface area contributed by atoms with Crippen LogP contribution in [-0.4, -0.2) is 23.0 Å². The van der Waals surface area contributed by atoms with Crippen LogP contribution < -0.4 is 10.2 Å². The maximum atomic E-state index is 10.3. The van der Waals surface area contributed by atoms with Crippen LogP contribution in [0.4, 0.5) is 0 Å². The predicted molar refractivity (Wildman–Crippen MR) is 30.4 cm³/mol. The molecule has 0 spiro atoms. The number of aliphatic carboxylic acids is 3. The average molecular weight is 239 g/mol. The van der Waals surface area contributed by atoms with Crippen LogP contribution in [-0.2, 0) is 33.9 Å². The minimum absolute atomic E-state index is 0. The molecule has 0 aliphatic carbocycles. The molecule has 0 aromatic carbocycles. The fraction of sp³-hybridized carbons (Fsp3) is 0.500. The second kappa shape index (κ2) is 4.91. The molecule has 0 rings (SSSR count). The molecule has 0 saturated carbocycles. The van der Waals surface area contributed by atoms with E-state index in [9.17, 15) is 24.6 Å². The van der Waals surface area contributed by atoms with Gasteiger partial charge in [-0.05, 0) is 6.92 Å². The van der Waals surface area contributed by atoms with Crippen molar-refractivity contribution in [2.75, 3.05) is 0 Å². The maximum Gasteiger partial charge on any atom is 2.00 e. The molecule has 0 fully saturated rings. The molecule has 0 aromatic heterocycles. The first-order valence-corrected chi connectivity index (χ1v) is 2.95. The fourth-order valence-corrected chi connectivity index (χ4v) is 0.524. The van der Waals surface area contributed by atoms with Crippen molar-refractivity contribution in [1.82, 2.24) is 0 Å². The molecule has 7 heteroatoms. The largest absolute Gasteiger partial charge is 2.00 e. The number of carboxylic acid groups (broad SMARTS) is 3. The molecule has 13 heavy (non-hydrogen) atoms. The summed E-state index contributed by atoms with van der Waals surface area (Å²) in [5.41, 5.74) is -2.42. The van der Waals surface area contributed by atoms with E-state index in [4.69, 9.17) is 5.11 Å².